The van der Waals surface area contributed by atoms with Gasteiger partial charge in [-0.25, -0.2) is 0 Å². The van der Waals surface area contributed by atoms with Crippen LogP contribution >= 0.6 is 0 Å². The number of carbonyl (C=O) groups is 1. The second kappa shape index (κ2) is 7.47. The lowest BCUT2D eigenvalue weighted by Gasteiger charge is -2.32. The summed E-state index contributed by atoms with van der Waals surface area (Å²) in [7, 11) is 5.01. The molecule has 1 aromatic carbocycles. The Hall–Kier alpha value is -1.79. The molecule has 22 heavy (non-hydrogen) atoms. The van der Waals surface area contributed by atoms with Gasteiger partial charge in [-0.15, -0.1) is 0 Å². The van der Waals surface area contributed by atoms with Gasteiger partial charge in [0.2, 0.25) is 5.91 Å². The first-order valence-electron chi connectivity index (χ1n) is 7.37. The smallest absolute Gasteiger partial charge is 0.242 e. The Morgan fingerprint density at radius 1 is 1.41 bits per heavy atom. The Balaban J connectivity index is 2.07. The number of hydrogen-bond acceptors (Lipinski definition) is 5. The van der Waals surface area contributed by atoms with Crippen LogP contribution in [0.15, 0.2) is 18.2 Å². The van der Waals surface area contributed by atoms with Crippen LogP contribution in [-0.4, -0.2) is 57.4 Å². The maximum Gasteiger partial charge on any atom is 0.242 e. The van der Waals surface area contributed by atoms with Crippen molar-refractivity contribution in [3.63, 3.8) is 0 Å². The van der Waals surface area contributed by atoms with E-state index in [1.807, 2.05) is 25.1 Å². The fourth-order valence-corrected chi connectivity index (χ4v) is 2.56. The molecule has 0 unspecified atom stereocenters. The van der Waals surface area contributed by atoms with E-state index in [0.717, 1.165) is 11.3 Å². The molecule has 6 nitrogen and oxygen atoms in total. The van der Waals surface area contributed by atoms with Gasteiger partial charge in [0.25, 0.3) is 0 Å². The summed E-state index contributed by atoms with van der Waals surface area (Å²) in [6, 6.07) is 5.29. The highest BCUT2D eigenvalue weighted by atomic mass is 16.5. The summed E-state index contributed by atoms with van der Waals surface area (Å²) in [5.41, 5.74) is 0.934. The third-order valence-electron chi connectivity index (χ3n) is 3.86. The summed E-state index contributed by atoms with van der Waals surface area (Å²) >= 11 is 0. The summed E-state index contributed by atoms with van der Waals surface area (Å²) in [4.78, 5) is 14.2. The van der Waals surface area contributed by atoms with Crippen molar-refractivity contribution >= 4 is 5.91 Å². The van der Waals surface area contributed by atoms with E-state index < -0.39 is 0 Å². The monoisotopic (exact) mass is 308 g/mol. The number of amides is 1. The van der Waals surface area contributed by atoms with Gasteiger partial charge in [0.05, 0.1) is 26.9 Å². The minimum absolute atomic E-state index is 0.0186. The Labute approximate surface area is 131 Å². The van der Waals surface area contributed by atoms with Crippen molar-refractivity contribution in [2.75, 3.05) is 34.4 Å². The van der Waals surface area contributed by atoms with Crippen LogP contribution in [0.1, 0.15) is 12.5 Å². The van der Waals surface area contributed by atoms with E-state index in [2.05, 4.69) is 5.32 Å². The number of methoxy groups -OCH3 is 2. The molecule has 6 heteroatoms. The molecule has 122 valence electrons. The molecule has 0 spiro atoms. The number of nitrogens with zero attached hydrogens (tertiary/aromatic N) is 1. The normalized spacial score (nSPS) is 21.3. The molecule has 1 aromatic rings. The van der Waals surface area contributed by atoms with E-state index in [9.17, 15) is 4.79 Å². The third-order valence-corrected chi connectivity index (χ3v) is 3.86. The van der Waals surface area contributed by atoms with Gasteiger partial charge in [0.15, 0.2) is 0 Å². The SMILES string of the molecule is COc1ccc(CN(C)C(=O)[C@H]2NCCO[C@@H]2C)c(OC)c1. The van der Waals surface area contributed by atoms with Gasteiger partial charge in [-0.2, -0.15) is 0 Å². The standard InChI is InChI=1S/C16H24N2O4/c1-11-15(17-7-8-22-11)16(19)18(2)10-12-5-6-13(20-3)9-14(12)21-4/h5-6,9,11,15,17H,7-8,10H2,1-4H3/t11-,15+/m1/s1. The van der Waals surface area contributed by atoms with Crippen LogP contribution in [-0.2, 0) is 16.1 Å². The fourth-order valence-electron chi connectivity index (χ4n) is 2.56. The number of likely N-dealkylation sites (N-methyl/N-ethyl adjacent to an activating group) is 1. The molecule has 2 atom stereocenters. The third kappa shape index (κ3) is 3.69. The van der Waals surface area contributed by atoms with Crippen molar-refractivity contribution in [3.8, 4) is 11.5 Å². The first-order valence-corrected chi connectivity index (χ1v) is 7.37. The second-order valence-electron chi connectivity index (χ2n) is 5.38. The molecule has 0 saturated carbocycles. The lowest BCUT2D eigenvalue weighted by molar-refractivity contribution is -0.138. The minimum Gasteiger partial charge on any atom is -0.497 e. The molecule has 0 radical (unpaired) electrons. The summed E-state index contributed by atoms with van der Waals surface area (Å²) in [5.74, 6) is 1.45. The van der Waals surface area contributed by atoms with Gasteiger partial charge in [0.1, 0.15) is 17.5 Å². The van der Waals surface area contributed by atoms with E-state index in [-0.39, 0.29) is 18.1 Å². The van der Waals surface area contributed by atoms with Crippen molar-refractivity contribution in [1.82, 2.24) is 10.2 Å². The van der Waals surface area contributed by atoms with Gasteiger partial charge in [0, 0.05) is 31.8 Å². The molecule has 0 aromatic heterocycles. The summed E-state index contributed by atoms with van der Waals surface area (Å²) in [6.07, 6.45) is -0.124. The number of hydrogen-bond donors (Lipinski definition) is 1. The van der Waals surface area contributed by atoms with E-state index in [4.69, 9.17) is 14.2 Å². The molecule has 0 bridgehead atoms. The van der Waals surface area contributed by atoms with E-state index >= 15 is 0 Å². The molecule has 1 N–H and O–H groups in total. The average Bonchev–Trinajstić information content (AvgIpc) is 2.55. The van der Waals surface area contributed by atoms with Gasteiger partial charge >= 0.3 is 0 Å². The van der Waals surface area contributed by atoms with E-state index in [0.29, 0.717) is 25.4 Å². The molecule has 1 fully saturated rings. The Morgan fingerprint density at radius 3 is 2.82 bits per heavy atom. The Morgan fingerprint density at radius 2 is 2.18 bits per heavy atom. The van der Waals surface area contributed by atoms with Crippen LogP contribution in [0.25, 0.3) is 0 Å². The number of ether oxygens (including phenoxy) is 3. The largest absolute Gasteiger partial charge is 0.497 e. The van der Waals surface area contributed by atoms with Crippen LogP contribution in [0.4, 0.5) is 0 Å². The van der Waals surface area contributed by atoms with Crippen LogP contribution in [0.5, 0.6) is 11.5 Å². The topological polar surface area (TPSA) is 60.0 Å². The molecule has 1 aliphatic heterocycles. The highest BCUT2D eigenvalue weighted by molar-refractivity contribution is 5.82. The fraction of sp³-hybridized carbons (Fsp3) is 0.562. The maximum absolute atomic E-state index is 12.6. The molecule has 1 aliphatic rings. The molecule has 1 heterocycles. The number of nitrogens with one attached hydrogen (secondary N) is 1. The Kier molecular flexibility index (Phi) is 5.63. The summed E-state index contributed by atoms with van der Waals surface area (Å²) in [6.45, 7) is 3.72. The molecule has 0 aliphatic carbocycles. The predicted octanol–water partition coefficient (Wildman–Crippen LogP) is 1.04. The van der Waals surface area contributed by atoms with E-state index in [1.165, 1.54) is 0 Å². The zero-order chi connectivity index (χ0) is 16.1. The van der Waals surface area contributed by atoms with Crippen LogP contribution in [0, 0.1) is 0 Å². The number of morpholine rings is 1. The van der Waals surface area contributed by atoms with Crippen LogP contribution in [0.2, 0.25) is 0 Å². The second-order valence-corrected chi connectivity index (χ2v) is 5.38. The summed E-state index contributed by atoms with van der Waals surface area (Å²) in [5, 5.41) is 3.21. The van der Waals surface area contributed by atoms with E-state index in [1.54, 1.807) is 26.2 Å². The van der Waals surface area contributed by atoms with Crippen molar-refractivity contribution in [2.45, 2.75) is 25.6 Å². The van der Waals surface area contributed by atoms with Crippen molar-refractivity contribution in [1.29, 1.82) is 0 Å². The highest BCUT2D eigenvalue weighted by Crippen LogP contribution is 2.25. The van der Waals surface area contributed by atoms with Crippen LogP contribution < -0.4 is 14.8 Å². The first-order chi connectivity index (χ1) is 10.6. The minimum atomic E-state index is -0.303. The number of rotatable bonds is 5. The quantitative estimate of drug-likeness (QED) is 0.881. The van der Waals surface area contributed by atoms with Gasteiger partial charge in [-0.3, -0.25) is 4.79 Å². The van der Waals surface area contributed by atoms with Crippen LogP contribution in [0.3, 0.4) is 0 Å². The molecule has 2 rings (SSSR count). The van der Waals surface area contributed by atoms with Gasteiger partial charge in [-0.05, 0) is 19.1 Å². The van der Waals surface area contributed by atoms with Gasteiger partial charge < -0.3 is 24.4 Å². The zero-order valence-electron chi connectivity index (χ0n) is 13.6. The molecular weight excluding hydrogens is 284 g/mol. The molecular formula is C16H24N2O4. The average molecular weight is 308 g/mol. The van der Waals surface area contributed by atoms with Gasteiger partial charge in [-0.1, -0.05) is 0 Å². The first kappa shape index (κ1) is 16.6. The highest BCUT2D eigenvalue weighted by Gasteiger charge is 2.30. The zero-order valence-corrected chi connectivity index (χ0v) is 13.6. The lowest BCUT2D eigenvalue weighted by atomic mass is 10.1. The number of carbonyl (C=O) groups excluding carboxylic acids is 1. The number of benzene rings is 1. The predicted molar refractivity (Wildman–Crippen MR) is 83.2 cm³/mol. The summed E-state index contributed by atoms with van der Waals surface area (Å²) < 4.78 is 16.1. The maximum atomic E-state index is 12.6. The Bertz CT molecular complexity index is 521. The molecule has 1 saturated heterocycles. The van der Waals surface area contributed by atoms with Crippen molar-refractivity contribution in [2.24, 2.45) is 0 Å². The molecule has 1 amide bonds. The van der Waals surface area contributed by atoms with Crippen molar-refractivity contribution in [3.05, 3.63) is 23.8 Å². The van der Waals surface area contributed by atoms with Crippen molar-refractivity contribution < 1.29 is 19.0 Å². The lowest BCUT2D eigenvalue weighted by Crippen LogP contribution is -2.55.